The summed E-state index contributed by atoms with van der Waals surface area (Å²) in [6, 6.07) is 1.99. The van der Waals surface area contributed by atoms with Crippen molar-refractivity contribution in [2.24, 2.45) is 11.3 Å². The van der Waals surface area contributed by atoms with Crippen molar-refractivity contribution >= 4 is 5.65 Å². The Bertz CT molecular complexity index is 806. The SMILES string of the molecule is CC12CCC3(OCCO3)C(C)(C)C1CCc1cn3nccc3nc12. The first kappa shape index (κ1) is 14.8. The van der Waals surface area contributed by atoms with Gasteiger partial charge in [-0.2, -0.15) is 5.10 Å². The van der Waals surface area contributed by atoms with Crippen molar-refractivity contribution in [3.8, 4) is 0 Å². The zero-order valence-electron chi connectivity index (χ0n) is 14.7. The van der Waals surface area contributed by atoms with E-state index < -0.39 is 5.79 Å². The molecule has 0 N–H and O–H groups in total. The minimum Gasteiger partial charge on any atom is -0.347 e. The van der Waals surface area contributed by atoms with E-state index in [9.17, 15) is 0 Å². The highest BCUT2D eigenvalue weighted by atomic mass is 16.7. The Kier molecular flexibility index (Phi) is 2.83. The van der Waals surface area contributed by atoms with Gasteiger partial charge in [-0.3, -0.25) is 0 Å². The molecular formula is C19H25N3O2. The zero-order valence-corrected chi connectivity index (χ0v) is 14.7. The summed E-state index contributed by atoms with van der Waals surface area (Å²) in [5.74, 6) is 0.0947. The van der Waals surface area contributed by atoms with E-state index in [2.05, 4.69) is 32.1 Å². The average Bonchev–Trinajstić information content (AvgIpc) is 3.20. The van der Waals surface area contributed by atoms with Crippen LogP contribution in [0.3, 0.4) is 0 Å². The second-order valence-corrected chi connectivity index (χ2v) is 8.43. The maximum atomic E-state index is 6.18. The normalized spacial score (nSPS) is 33.5. The van der Waals surface area contributed by atoms with Crippen LogP contribution in [0.15, 0.2) is 18.5 Å². The molecule has 0 radical (unpaired) electrons. The lowest BCUT2D eigenvalue weighted by Gasteiger charge is -2.59. The Balaban J connectivity index is 1.65. The molecule has 1 aliphatic heterocycles. The van der Waals surface area contributed by atoms with E-state index in [1.807, 2.05) is 16.8 Å². The molecule has 24 heavy (non-hydrogen) atoms. The van der Waals surface area contributed by atoms with Gasteiger partial charge >= 0.3 is 0 Å². The van der Waals surface area contributed by atoms with Crippen LogP contribution in [0.2, 0.25) is 0 Å². The molecular weight excluding hydrogens is 302 g/mol. The van der Waals surface area contributed by atoms with E-state index in [4.69, 9.17) is 14.5 Å². The van der Waals surface area contributed by atoms with Gasteiger partial charge in [0.25, 0.3) is 0 Å². The van der Waals surface area contributed by atoms with Crippen LogP contribution in [-0.2, 0) is 21.3 Å². The van der Waals surface area contributed by atoms with Crippen LogP contribution in [0, 0.1) is 11.3 Å². The topological polar surface area (TPSA) is 48.7 Å². The van der Waals surface area contributed by atoms with Gasteiger partial charge in [0.2, 0.25) is 0 Å². The van der Waals surface area contributed by atoms with Crippen LogP contribution in [-0.4, -0.2) is 33.6 Å². The number of fused-ring (bicyclic) bond motifs is 4. The van der Waals surface area contributed by atoms with Crippen LogP contribution in [0.1, 0.15) is 51.3 Å². The fraction of sp³-hybridized carbons (Fsp3) is 0.684. The third kappa shape index (κ3) is 1.67. The molecule has 128 valence electrons. The van der Waals surface area contributed by atoms with Gasteiger partial charge in [-0.25, -0.2) is 9.50 Å². The molecule has 0 bridgehead atoms. The maximum absolute atomic E-state index is 6.18. The number of rotatable bonds is 0. The van der Waals surface area contributed by atoms with Crippen LogP contribution in [0.4, 0.5) is 0 Å². The quantitative estimate of drug-likeness (QED) is 0.746. The van der Waals surface area contributed by atoms with Crippen LogP contribution in [0.25, 0.3) is 5.65 Å². The third-order valence-corrected chi connectivity index (χ3v) is 7.05. The van der Waals surface area contributed by atoms with Crippen molar-refractivity contribution in [1.29, 1.82) is 0 Å². The van der Waals surface area contributed by atoms with Gasteiger partial charge in [0.05, 0.1) is 25.1 Å². The smallest absolute Gasteiger partial charge is 0.173 e. The fourth-order valence-corrected chi connectivity index (χ4v) is 5.78. The molecule has 2 aromatic heterocycles. The number of aryl methyl sites for hydroxylation is 1. The maximum Gasteiger partial charge on any atom is 0.173 e. The minimum absolute atomic E-state index is 0.0256. The van der Waals surface area contributed by atoms with Crippen molar-refractivity contribution in [2.75, 3.05) is 13.2 Å². The highest BCUT2D eigenvalue weighted by Crippen LogP contribution is 2.62. The predicted octanol–water partition coefficient (Wildman–Crippen LogP) is 3.11. The predicted molar refractivity (Wildman–Crippen MR) is 89.8 cm³/mol. The van der Waals surface area contributed by atoms with E-state index in [-0.39, 0.29) is 10.8 Å². The number of nitrogens with zero attached hydrogens (tertiary/aromatic N) is 3. The summed E-state index contributed by atoms with van der Waals surface area (Å²) < 4.78 is 14.3. The summed E-state index contributed by atoms with van der Waals surface area (Å²) in [5, 5.41) is 4.35. The summed E-state index contributed by atoms with van der Waals surface area (Å²) in [6.07, 6.45) is 8.22. The highest BCUT2D eigenvalue weighted by molar-refractivity contribution is 5.43. The summed E-state index contributed by atoms with van der Waals surface area (Å²) in [6.45, 7) is 8.51. The van der Waals surface area contributed by atoms with E-state index in [0.29, 0.717) is 5.92 Å². The molecule has 3 aliphatic rings. The van der Waals surface area contributed by atoms with Gasteiger partial charge in [0, 0.05) is 29.5 Å². The van der Waals surface area contributed by atoms with Crippen LogP contribution in [0.5, 0.6) is 0 Å². The van der Waals surface area contributed by atoms with E-state index in [1.54, 1.807) is 0 Å². The minimum atomic E-state index is -0.407. The first-order chi connectivity index (χ1) is 11.5. The standard InChI is InChI=1S/C19H25N3O2/c1-17(2)14-5-4-13-12-22-15(6-9-20-22)21-16(13)18(14,3)7-8-19(17)23-10-11-24-19/h6,9,12,14H,4-5,7-8,10-11H2,1-3H3. The molecule has 2 fully saturated rings. The summed E-state index contributed by atoms with van der Waals surface area (Å²) in [4.78, 5) is 5.03. The third-order valence-electron chi connectivity index (χ3n) is 7.05. The molecule has 3 heterocycles. The van der Waals surface area contributed by atoms with Crippen LogP contribution >= 0.6 is 0 Å². The molecule has 0 aromatic carbocycles. The Labute approximate surface area is 142 Å². The second-order valence-electron chi connectivity index (χ2n) is 8.43. The molecule has 5 rings (SSSR count). The van der Waals surface area contributed by atoms with Gasteiger partial charge in [-0.15, -0.1) is 0 Å². The number of hydrogen-bond acceptors (Lipinski definition) is 4. The number of aromatic nitrogens is 3. The first-order valence-corrected chi connectivity index (χ1v) is 9.08. The largest absolute Gasteiger partial charge is 0.347 e. The molecule has 2 unspecified atom stereocenters. The molecule has 1 saturated carbocycles. The molecule has 5 heteroatoms. The molecule has 1 saturated heterocycles. The Morgan fingerprint density at radius 2 is 1.96 bits per heavy atom. The lowest BCUT2D eigenvalue weighted by molar-refractivity contribution is -0.276. The van der Waals surface area contributed by atoms with Gasteiger partial charge in [-0.05, 0) is 30.7 Å². The van der Waals surface area contributed by atoms with Crippen molar-refractivity contribution in [1.82, 2.24) is 14.6 Å². The zero-order chi connectivity index (χ0) is 16.6. The van der Waals surface area contributed by atoms with E-state index in [1.165, 1.54) is 11.3 Å². The summed E-state index contributed by atoms with van der Waals surface area (Å²) in [7, 11) is 0. The van der Waals surface area contributed by atoms with Gasteiger partial charge in [0.1, 0.15) is 0 Å². The molecule has 2 aliphatic carbocycles. The summed E-state index contributed by atoms with van der Waals surface area (Å²) in [5.41, 5.74) is 3.62. The van der Waals surface area contributed by atoms with E-state index in [0.717, 1.165) is 44.5 Å². The lowest BCUT2D eigenvalue weighted by atomic mass is 9.49. The Morgan fingerprint density at radius 3 is 2.75 bits per heavy atom. The molecule has 2 atom stereocenters. The van der Waals surface area contributed by atoms with E-state index >= 15 is 0 Å². The molecule has 1 spiro atoms. The van der Waals surface area contributed by atoms with Crippen molar-refractivity contribution in [3.05, 3.63) is 29.7 Å². The highest BCUT2D eigenvalue weighted by Gasteiger charge is 2.63. The van der Waals surface area contributed by atoms with Gasteiger partial charge < -0.3 is 9.47 Å². The van der Waals surface area contributed by atoms with Gasteiger partial charge in [-0.1, -0.05) is 20.8 Å². The van der Waals surface area contributed by atoms with Crippen molar-refractivity contribution in [2.45, 2.75) is 57.7 Å². The fourth-order valence-electron chi connectivity index (χ4n) is 5.78. The van der Waals surface area contributed by atoms with Crippen molar-refractivity contribution < 1.29 is 9.47 Å². The lowest BCUT2D eigenvalue weighted by Crippen LogP contribution is -2.61. The molecule has 0 amide bonds. The summed E-state index contributed by atoms with van der Waals surface area (Å²) >= 11 is 0. The molecule has 5 nitrogen and oxygen atoms in total. The van der Waals surface area contributed by atoms with Crippen molar-refractivity contribution in [3.63, 3.8) is 0 Å². The van der Waals surface area contributed by atoms with Gasteiger partial charge in [0.15, 0.2) is 11.4 Å². The first-order valence-electron chi connectivity index (χ1n) is 9.08. The number of hydrogen-bond donors (Lipinski definition) is 0. The Hall–Kier alpha value is -1.46. The average molecular weight is 327 g/mol. The number of ether oxygens (including phenoxy) is 2. The molecule has 2 aromatic rings. The Morgan fingerprint density at radius 1 is 1.17 bits per heavy atom. The monoisotopic (exact) mass is 327 g/mol. The second kappa shape index (κ2) is 4.58. The van der Waals surface area contributed by atoms with Crippen LogP contribution < -0.4 is 0 Å².